The molecule has 0 saturated carbocycles. The number of nitrogens with one attached hydrogen (secondary N) is 1. The van der Waals surface area contributed by atoms with Crippen molar-refractivity contribution in [2.45, 2.75) is 64.5 Å². The molecule has 1 saturated heterocycles. The van der Waals surface area contributed by atoms with Gasteiger partial charge in [-0.1, -0.05) is 0 Å². The van der Waals surface area contributed by atoms with E-state index in [1.807, 2.05) is 0 Å². The van der Waals surface area contributed by atoms with Gasteiger partial charge < -0.3 is 10.4 Å². The van der Waals surface area contributed by atoms with Crippen LogP contribution in [-0.2, 0) is 15.1 Å². The van der Waals surface area contributed by atoms with E-state index >= 15 is 0 Å². The minimum Gasteiger partial charge on any atom is -0.481 e. The van der Waals surface area contributed by atoms with Crippen molar-refractivity contribution in [3.8, 4) is 0 Å². The summed E-state index contributed by atoms with van der Waals surface area (Å²) in [4.78, 5) is 9.60. The molecule has 1 aliphatic rings. The van der Waals surface area contributed by atoms with E-state index in [4.69, 9.17) is 5.11 Å². The molecular weight excluding hydrogens is 254 g/mol. The molecule has 0 amide bonds. The molecular formula is C12H23NO4S. The summed E-state index contributed by atoms with van der Waals surface area (Å²) in [7, 11) is -2.34. The SMILES string of the molecule is CC1(C)CCCC(C)(C)N1.O=C(O)CC=S(=O)=O. The highest BCUT2D eigenvalue weighted by molar-refractivity contribution is 7.71. The van der Waals surface area contributed by atoms with E-state index in [-0.39, 0.29) is 0 Å². The molecule has 106 valence electrons. The third kappa shape index (κ3) is 9.18. The molecule has 0 aliphatic carbocycles. The average molecular weight is 277 g/mol. The van der Waals surface area contributed by atoms with Crippen LogP contribution in [0.15, 0.2) is 0 Å². The largest absolute Gasteiger partial charge is 0.481 e. The van der Waals surface area contributed by atoms with Crippen molar-refractivity contribution >= 4 is 21.6 Å². The lowest BCUT2D eigenvalue weighted by Crippen LogP contribution is -2.55. The molecule has 0 spiro atoms. The van der Waals surface area contributed by atoms with Gasteiger partial charge in [0.1, 0.15) is 0 Å². The highest BCUT2D eigenvalue weighted by atomic mass is 32.2. The second-order valence-corrected chi connectivity index (χ2v) is 6.63. The average Bonchev–Trinajstić information content (AvgIpc) is 2.11. The Labute approximate surface area is 110 Å². The Morgan fingerprint density at radius 3 is 1.83 bits per heavy atom. The van der Waals surface area contributed by atoms with Gasteiger partial charge >= 0.3 is 5.97 Å². The number of aliphatic carboxylic acids is 1. The van der Waals surface area contributed by atoms with E-state index in [1.54, 1.807) is 0 Å². The van der Waals surface area contributed by atoms with Gasteiger partial charge in [0.25, 0.3) is 0 Å². The van der Waals surface area contributed by atoms with Crippen LogP contribution in [0.4, 0.5) is 0 Å². The van der Waals surface area contributed by atoms with E-state index in [2.05, 4.69) is 33.0 Å². The van der Waals surface area contributed by atoms with Crippen LogP contribution in [0.3, 0.4) is 0 Å². The van der Waals surface area contributed by atoms with Gasteiger partial charge in [-0.3, -0.25) is 4.79 Å². The molecule has 0 radical (unpaired) electrons. The molecule has 1 fully saturated rings. The first-order chi connectivity index (χ1) is 8.04. The molecule has 6 heteroatoms. The van der Waals surface area contributed by atoms with Crippen LogP contribution in [0.5, 0.6) is 0 Å². The first-order valence-corrected chi connectivity index (χ1v) is 7.10. The van der Waals surface area contributed by atoms with Crippen LogP contribution in [0.1, 0.15) is 53.4 Å². The zero-order chi connectivity index (χ0) is 14.4. The quantitative estimate of drug-likeness (QED) is 0.747. The molecule has 0 unspecified atom stereocenters. The Bertz CT molecular complexity index is 388. The van der Waals surface area contributed by atoms with Crippen LogP contribution >= 0.6 is 0 Å². The van der Waals surface area contributed by atoms with Gasteiger partial charge in [0.05, 0.1) is 6.42 Å². The second kappa shape index (κ2) is 6.89. The smallest absolute Gasteiger partial charge is 0.308 e. The second-order valence-electron chi connectivity index (χ2n) is 5.77. The van der Waals surface area contributed by atoms with Crippen molar-refractivity contribution in [1.29, 1.82) is 0 Å². The van der Waals surface area contributed by atoms with Gasteiger partial charge in [0, 0.05) is 16.4 Å². The van der Waals surface area contributed by atoms with Gasteiger partial charge in [0.2, 0.25) is 10.3 Å². The Kier molecular flexibility index (Phi) is 6.56. The fourth-order valence-corrected chi connectivity index (χ4v) is 2.43. The number of carboxylic acid groups (broad SMARTS) is 1. The molecule has 0 atom stereocenters. The Morgan fingerprint density at radius 2 is 1.67 bits per heavy atom. The maximum absolute atomic E-state index is 9.60. The van der Waals surface area contributed by atoms with Crippen molar-refractivity contribution in [2.24, 2.45) is 0 Å². The summed E-state index contributed by atoms with van der Waals surface area (Å²) < 4.78 is 19.2. The standard InChI is InChI=1S/C9H19N.C3H4O4S/c1-8(2)6-5-7-9(3,4)10-8;4-3(5)1-2-8(6)7/h10H,5-7H2,1-4H3;2H,1H2,(H,4,5). The first kappa shape index (κ1) is 17.1. The first-order valence-electron chi connectivity index (χ1n) is 5.97. The van der Waals surface area contributed by atoms with Crippen molar-refractivity contribution in [3.63, 3.8) is 0 Å². The van der Waals surface area contributed by atoms with Crippen LogP contribution in [0.25, 0.3) is 0 Å². The van der Waals surface area contributed by atoms with Crippen molar-refractivity contribution in [1.82, 2.24) is 5.32 Å². The highest BCUT2D eigenvalue weighted by Crippen LogP contribution is 2.27. The van der Waals surface area contributed by atoms with E-state index < -0.39 is 22.7 Å². The highest BCUT2D eigenvalue weighted by Gasteiger charge is 2.31. The maximum Gasteiger partial charge on any atom is 0.308 e. The molecule has 0 aromatic carbocycles. The topological polar surface area (TPSA) is 83.5 Å². The Morgan fingerprint density at radius 1 is 1.22 bits per heavy atom. The third-order valence-corrected chi connectivity index (χ3v) is 3.11. The minimum absolute atomic E-state index is 0.363. The molecule has 1 rings (SSSR count). The summed E-state index contributed by atoms with van der Waals surface area (Å²) in [6.45, 7) is 9.14. The third-order valence-electron chi connectivity index (χ3n) is 2.67. The number of piperidine rings is 1. The lowest BCUT2D eigenvalue weighted by Gasteiger charge is -2.42. The summed E-state index contributed by atoms with van der Waals surface area (Å²) >= 11 is 0. The Balaban J connectivity index is 0.000000331. The summed E-state index contributed by atoms with van der Waals surface area (Å²) in [6.07, 6.45) is 3.57. The molecule has 2 N–H and O–H groups in total. The van der Waals surface area contributed by atoms with Crippen molar-refractivity contribution in [2.75, 3.05) is 0 Å². The van der Waals surface area contributed by atoms with Crippen LogP contribution in [0, 0.1) is 0 Å². The molecule has 18 heavy (non-hydrogen) atoms. The molecule has 1 heterocycles. The van der Waals surface area contributed by atoms with Crippen LogP contribution < -0.4 is 5.32 Å². The minimum atomic E-state index is -2.34. The summed E-state index contributed by atoms with van der Waals surface area (Å²) in [5.74, 6) is -1.14. The van der Waals surface area contributed by atoms with Crippen LogP contribution in [0.2, 0.25) is 0 Å². The summed E-state index contributed by atoms with van der Waals surface area (Å²) in [5.41, 5.74) is 0.726. The van der Waals surface area contributed by atoms with E-state index in [1.165, 1.54) is 19.3 Å². The number of carboxylic acids is 1. The van der Waals surface area contributed by atoms with E-state index in [9.17, 15) is 13.2 Å². The number of carbonyl (C=O) groups is 1. The fraction of sp³-hybridized carbons (Fsp3) is 0.833. The van der Waals surface area contributed by atoms with Gasteiger partial charge in [0.15, 0.2) is 0 Å². The van der Waals surface area contributed by atoms with Gasteiger partial charge in [-0.15, -0.1) is 0 Å². The van der Waals surface area contributed by atoms with Gasteiger partial charge in [-0.25, -0.2) is 0 Å². The fourth-order valence-electron chi connectivity index (χ4n) is 2.15. The number of rotatable bonds is 2. The number of hydrogen-bond acceptors (Lipinski definition) is 4. The summed E-state index contributed by atoms with van der Waals surface area (Å²) in [6, 6.07) is 0. The van der Waals surface area contributed by atoms with E-state index in [0.29, 0.717) is 16.4 Å². The maximum atomic E-state index is 9.60. The summed E-state index contributed by atoms with van der Waals surface area (Å²) in [5, 5.41) is 12.2. The molecule has 0 aromatic rings. The zero-order valence-electron chi connectivity index (χ0n) is 11.5. The molecule has 0 aromatic heterocycles. The van der Waals surface area contributed by atoms with Gasteiger partial charge in [-0.05, 0) is 47.0 Å². The number of hydrogen-bond donors (Lipinski definition) is 2. The van der Waals surface area contributed by atoms with Crippen molar-refractivity contribution < 1.29 is 18.3 Å². The lowest BCUT2D eigenvalue weighted by molar-refractivity contribution is -0.135. The Hall–Kier alpha value is -0.880. The van der Waals surface area contributed by atoms with Crippen molar-refractivity contribution in [3.05, 3.63) is 0 Å². The van der Waals surface area contributed by atoms with E-state index in [0.717, 1.165) is 0 Å². The molecule has 5 nitrogen and oxygen atoms in total. The predicted molar refractivity (Wildman–Crippen MR) is 72.4 cm³/mol. The lowest BCUT2D eigenvalue weighted by atomic mass is 9.83. The normalized spacial score (nSPS) is 20.2. The molecule has 0 bridgehead atoms. The predicted octanol–water partition coefficient (Wildman–Crippen LogP) is 1.46. The monoisotopic (exact) mass is 277 g/mol. The molecule has 1 aliphatic heterocycles. The van der Waals surface area contributed by atoms with Gasteiger partial charge in [-0.2, -0.15) is 8.42 Å². The zero-order valence-corrected chi connectivity index (χ0v) is 12.3. The van der Waals surface area contributed by atoms with Crippen LogP contribution in [-0.4, -0.2) is 35.9 Å².